The van der Waals surface area contributed by atoms with E-state index in [1.807, 2.05) is 212 Å². The molecule has 13 aromatic rings. The smallest absolute Gasteiger partial charge is 0.544 e. The van der Waals surface area contributed by atoms with Crippen molar-refractivity contribution in [1.29, 1.82) is 0 Å². The number of ketones is 2. The first-order valence-electron chi connectivity index (χ1n) is 38.7. The molecule has 0 radical (unpaired) electrons. The van der Waals surface area contributed by atoms with Crippen LogP contribution in [-0.2, 0) is 67.3 Å². The van der Waals surface area contributed by atoms with Crippen LogP contribution in [0.25, 0.3) is 48.7 Å². The topological polar surface area (TPSA) is 406 Å². The summed E-state index contributed by atoms with van der Waals surface area (Å²) in [5, 5.41) is 42.4. The number of rotatable bonds is 19. The van der Waals surface area contributed by atoms with Gasteiger partial charge in [0.1, 0.15) is 17.9 Å². The molecule has 0 saturated heterocycles. The Morgan fingerprint density at radius 1 is 0.448 bits per heavy atom. The first-order valence-corrected chi connectivity index (χ1v) is 40.2. The van der Waals surface area contributed by atoms with Crippen LogP contribution in [0.5, 0.6) is 0 Å². The predicted molar refractivity (Wildman–Crippen MR) is 487 cm³/mol. The Hall–Kier alpha value is -11.0. The number of fused-ring (bicyclic) bond motifs is 6. The number of aryl methyl sites for hydroxylation is 2. The van der Waals surface area contributed by atoms with Gasteiger partial charge in [-0.05, 0) is 138 Å². The van der Waals surface area contributed by atoms with E-state index in [2.05, 4.69) is 16.7 Å². The molecular weight excluding hydrogens is 1750 g/mol. The van der Waals surface area contributed by atoms with Crippen LogP contribution in [0, 0.1) is 11.3 Å². The van der Waals surface area contributed by atoms with Gasteiger partial charge in [-0.25, -0.2) is 4.79 Å². The van der Waals surface area contributed by atoms with Gasteiger partial charge in [0.2, 0.25) is 17.6 Å². The zero-order valence-electron chi connectivity index (χ0n) is 68.6. The summed E-state index contributed by atoms with van der Waals surface area (Å²) >= 11 is 29.7. The molecule has 29 heteroatoms. The average Bonchev–Trinajstić information content (AvgIpc) is 0.796. The third-order valence-corrected chi connectivity index (χ3v) is 21.0. The van der Waals surface area contributed by atoms with E-state index < -0.39 is 82.9 Å². The monoisotopic (exact) mass is 1840 g/mol. The molecule has 5 atom stereocenters. The molecule has 0 saturated carbocycles. The molecule has 2 aliphatic carbocycles. The van der Waals surface area contributed by atoms with E-state index in [1.54, 1.807) is 66.7 Å². The molecule has 5 unspecified atom stereocenters. The van der Waals surface area contributed by atoms with E-state index in [9.17, 15) is 58.2 Å². The molecule has 21 nitrogen and oxygen atoms in total. The number of nitrogens with one attached hydrogen (secondary N) is 2. The maximum absolute atomic E-state index is 12.9. The van der Waals surface area contributed by atoms with Gasteiger partial charge in [-0.2, -0.15) is 0 Å². The number of nitrogens with two attached hydrogens (primary N) is 4. The minimum absolute atomic E-state index is 0. The number of carboxylic acid groups (broad SMARTS) is 1. The number of hydrogen-bond acceptors (Lipinski definition) is 15. The van der Waals surface area contributed by atoms with Gasteiger partial charge in [-0.15, -0.1) is 12.4 Å². The van der Waals surface area contributed by atoms with Crippen molar-refractivity contribution in [1.82, 2.24) is 10.6 Å². The minimum atomic E-state index is -1.53. The van der Waals surface area contributed by atoms with Crippen LogP contribution < -0.4 is 72.4 Å². The second kappa shape index (κ2) is 53.3. The van der Waals surface area contributed by atoms with Crippen LogP contribution in [0.2, 0.25) is 20.1 Å². The second-order valence-corrected chi connectivity index (χ2v) is 29.6. The van der Waals surface area contributed by atoms with Gasteiger partial charge in [0, 0.05) is 44.4 Å². The van der Waals surface area contributed by atoms with Crippen molar-refractivity contribution < 1.29 is 116 Å². The first kappa shape index (κ1) is 103. The number of aldehydes is 2. The Balaban J connectivity index is 0.000000315. The SMILES string of the molecule is C.Cl.NC(=O)C(=O)C(Cc1ccccc1)NC(=O)c1c(Cl)ccc2ccccc12.NC(=O)C(O)C(Cc1ccccc1)NC(=O)c1c(Cl)ccc2ccccc12.NC(=O)C(O)C(N)Cc1ccccc1.O=C(O)c1c(Cl)ccc2ccccc12.O=C1CCc2ccccc2C1.O=CC1=C(Cl)CCc2ccccc21.O=Cc1c(Cl)ccc2ccccc12.[2H][2H].[Na+].[O-][Cl+][O-]. The Morgan fingerprint density at radius 2 is 0.816 bits per heavy atom. The fraction of sp³-hybridized carbons (Fsp3) is 0.146. The zero-order chi connectivity index (χ0) is 90.4. The van der Waals surface area contributed by atoms with Crippen LogP contribution in [0.1, 0.15) is 104 Å². The molecule has 15 rings (SSSR count). The summed E-state index contributed by atoms with van der Waals surface area (Å²) in [7, 11) is 0. The number of aliphatic hydroxyl groups excluding tert-OH is 2. The number of carbonyl (C=O) groups is 10. The summed E-state index contributed by atoms with van der Waals surface area (Å²) in [6, 6.07) is 84.8. The van der Waals surface area contributed by atoms with Crippen molar-refractivity contribution >= 4 is 179 Å². The molecule has 644 valence electrons. The summed E-state index contributed by atoms with van der Waals surface area (Å²) in [6.07, 6.45) is 3.71. The fourth-order valence-electron chi connectivity index (χ4n) is 13.2. The van der Waals surface area contributed by atoms with Crippen LogP contribution in [0.15, 0.2) is 290 Å². The number of carboxylic acids is 1. The number of benzene rings is 13. The summed E-state index contributed by atoms with van der Waals surface area (Å²) in [4.78, 5) is 115. The van der Waals surface area contributed by atoms with Crippen molar-refractivity contribution in [3.05, 3.63) is 371 Å². The Bertz CT molecular complexity index is 5920. The van der Waals surface area contributed by atoms with Gasteiger partial charge in [-0.3, -0.25) is 43.2 Å². The molecular formula is C96H90Cl7N6NaO15. The van der Waals surface area contributed by atoms with E-state index in [0.717, 1.165) is 87.4 Å². The van der Waals surface area contributed by atoms with Crippen LogP contribution in [-0.4, -0.2) is 105 Å². The summed E-state index contributed by atoms with van der Waals surface area (Å²) in [5.41, 5.74) is 30.3. The van der Waals surface area contributed by atoms with Gasteiger partial charge in [0.25, 0.3) is 17.7 Å². The number of halogens is 7. The number of aliphatic hydroxyl groups is 2. The zero-order valence-corrected chi connectivity index (χ0v) is 73.9. The van der Waals surface area contributed by atoms with Crippen LogP contribution in [0.3, 0.4) is 0 Å². The maximum Gasteiger partial charge on any atom is 1.00 e. The normalized spacial score (nSPS) is 12.5. The number of Topliss-reactive ketones (excluding diaryl/α,β-unsaturated/α-hetero) is 2. The number of allylic oxidation sites excluding steroid dienone is 2. The molecule has 125 heavy (non-hydrogen) atoms. The largest absolute Gasteiger partial charge is 1.00 e. The van der Waals surface area contributed by atoms with Crippen LogP contribution in [0.4, 0.5) is 0 Å². The van der Waals surface area contributed by atoms with Crippen molar-refractivity contribution in [3.63, 3.8) is 0 Å². The van der Waals surface area contributed by atoms with E-state index in [4.69, 9.17) is 98.3 Å². The fourth-order valence-corrected chi connectivity index (χ4v) is 14.4. The van der Waals surface area contributed by atoms with E-state index >= 15 is 0 Å². The summed E-state index contributed by atoms with van der Waals surface area (Å²) in [5.74, 6) is -5.27. The third kappa shape index (κ3) is 30.7. The van der Waals surface area contributed by atoms with Gasteiger partial charge in [-0.1, -0.05) is 326 Å². The van der Waals surface area contributed by atoms with Crippen molar-refractivity contribution in [2.45, 2.75) is 89.1 Å². The van der Waals surface area contributed by atoms with Gasteiger partial charge < -0.3 is 58.2 Å². The van der Waals surface area contributed by atoms with Crippen molar-refractivity contribution in [2.24, 2.45) is 22.9 Å². The van der Waals surface area contributed by atoms with Crippen molar-refractivity contribution in [2.75, 3.05) is 0 Å². The predicted octanol–water partition coefficient (Wildman–Crippen LogP) is 11.9. The molecule has 0 aromatic heterocycles. The Kier molecular flexibility index (Phi) is 43.8. The van der Waals surface area contributed by atoms with Gasteiger partial charge in [0.05, 0.1) is 54.1 Å². The summed E-state index contributed by atoms with van der Waals surface area (Å²) < 4.78 is 26.5. The summed E-state index contributed by atoms with van der Waals surface area (Å²) in [6.45, 7) is 0. The minimum Gasteiger partial charge on any atom is -0.544 e. The quantitative estimate of drug-likeness (QED) is 0.0206. The van der Waals surface area contributed by atoms with Crippen molar-refractivity contribution in [3.8, 4) is 0 Å². The molecule has 0 fully saturated rings. The molecule has 0 bridgehead atoms. The molecule has 0 spiro atoms. The molecule has 13 aromatic carbocycles. The third-order valence-electron chi connectivity index (χ3n) is 19.3. The second-order valence-electron chi connectivity index (χ2n) is 27.4. The maximum atomic E-state index is 12.9. The Morgan fingerprint density at radius 3 is 1.26 bits per heavy atom. The van der Waals surface area contributed by atoms with Crippen LogP contribution >= 0.6 is 70.4 Å². The van der Waals surface area contributed by atoms with Gasteiger partial charge in [0.15, 0.2) is 18.7 Å². The number of hydrogen-bond donors (Lipinski definition) is 9. The van der Waals surface area contributed by atoms with Gasteiger partial charge >= 0.3 is 35.5 Å². The molecule has 2 aliphatic rings. The number of primary amides is 3. The number of carbonyl (C=O) groups excluding carboxylic acids is 9. The molecule has 5 amide bonds. The van der Waals surface area contributed by atoms with E-state index in [-0.39, 0.29) is 83.4 Å². The van der Waals surface area contributed by atoms with E-state index in [0.29, 0.717) is 66.6 Å². The molecule has 0 heterocycles. The number of amides is 5. The van der Waals surface area contributed by atoms with E-state index in [1.165, 1.54) is 16.7 Å². The average molecular weight is 1840 g/mol. The first-order chi connectivity index (χ1) is 59.7. The molecule has 13 N–H and O–H groups in total. The molecule has 0 aliphatic heterocycles. The Labute approximate surface area is 782 Å². The number of aromatic carboxylic acids is 1. The standard InChI is InChI=1S/C21H19ClN2O3.C21H17ClN2O3.C11H7ClO2.C11H9ClO.C11H7ClO.C10H14N2O2.C10H10O.CH4.ClO2.ClH.Na.H2/c2*22-16-11-10-14-8-4-5-9-15(14)18(16)21(27)24-17(19(25)20(23)26)12-13-6-2-1-3-7-13;12-9-6-5-7-3-1-2-4-8(7)10(9)11(13)14;2*12-11-6-5-8-3-1-2-4-9(8)10(11)7-13;11-8(9(13)10(12)14)6-7-4-2-1-3-5-7;11-10-6-5-8-3-1-2-4-9(8)7-10;;2-1-3;;;/h1-11,17,19,25H,12H2,(H2,23,26)(H,24,27);1-11,17H,12H2,(H2,23,26)(H,24,27);1-6H,(H,13,14);1-4,7H,5-6H2;1-7H;1-5,8-9,13H,6,11H2,(H2,12,14);1-4H,5-7H2;1H4;;1H;;1H/q;;;;;;;;-1;;+1;/i;;;;;;;;;;;1+1D.